The summed E-state index contributed by atoms with van der Waals surface area (Å²) in [7, 11) is -4.32. The molecule has 7 N–H and O–H groups in total. The van der Waals surface area contributed by atoms with Gasteiger partial charge in [-0.15, -0.1) is 26.3 Å². The molecule has 0 amide bonds. The minimum absolute atomic E-state index is 0. The SMILES string of the molecule is C=CCBr.C=CCBr.C=CCN(CC=C)c1ccc(O)cc1.C=CCOc1ccc(N(CC2CO2)CC2CO2)cc1.CCCCN(CC1CO1)c1ccc(OCC2CO2)cc1.CCO[SiH](OCC)OCC.CCO[Si](CCCOc1ccc(N(CC2CO2)CC2CO2)cc1)(OCC)OCC.Nc1ccc(O)cc1.O.Oc1ccc(N(CC2CO2)CC2CO2)cc1. The van der Waals surface area contributed by atoms with Crippen LogP contribution in [0.3, 0.4) is 0 Å². The Kier molecular flexibility index (Phi) is 55.4. The molecule has 8 atom stereocenters. The van der Waals surface area contributed by atoms with E-state index >= 15 is 0 Å². The van der Waals surface area contributed by atoms with Crippen LogP contribution in [0, 0.1) is 0 Å². The van der Waals surface area contributed by atoms with Crippen molar-refractivity contribution in [3.63, 3.8) is 0 Å². The summed E-state index contributed by atoms with van der Waals surface area (Å²) in [5.41, 5.74) is 11.8. The van der Waals surface area contributed by atoms with Gasteiger partial charge in [-0.3, -0.25) is 0 Å². The Morgan fingerprint density at radius 3 is 0.952 bits per heavy atom. The number of hydrogen-bond acceptors (Lipinski definition) is 26. The van der Waals surface area contributed by atoms with Crippen molar-refractivity contribution in [3.05, 3.63) is 209 Å². The highest BCUT2D eigenvalue weighted by Gasteiger charge is 2.40. The molecule has 6 aromatic rings. The Hall–Kier alpha value is -7.59. The van der Waals surface area contributed by atoms with Crippen molar-refractivity contribution in [2.45, 2.75) is 123 Å². The van der Waals surface area contributed by atoms with Gasteiger partial charge in [-0.25, -0.2) is 0 Å². The van der Waals surface area contributed by atoms with Crippen molar-refractivity contribution in [1.29, 1.82) is 0 Å². The monoisotopic (exact) mass is 1900 g/mol. The van der Waals surface area contributed by atoms with Crippen molar-refractivity contribution in [2.75, 3.05) is 219 Å². The molecular weight excluding hydrogens is 1770 g/mol. The highest BCUT2D eigenvalue weighted by Crippen LogP contribution is 2.31. The predicted molar refractivity (Wildman–Crippen MR) is 513 cm³/mol. The number of phenols is 3. The lowest BCUT2D eigenvalue weighted by Gasteiger charge is -2.28. The first-order chi connectivity index (χ1) is 60.4. The fourth-order valence-corrected chi connectivity index (χ4v) is 15.3. The molecule has 31 heteroatoms. The van der Waals surface area contributed by atoms with Crippen LogP contribution in [0.15, 0.2) is 209 Å². The third kappa shape index (κ3) is 50.1. The summed E-state index contributed by atoms with van der Waals surface area (Å²) in [6.45, 7) is 53.6. The Morgan fingerprint density at radius 2 is 0.672 bits per heavy atom. The second-order valence-corrected chi connectivity index (χ2v) is 34.7. The summed E-state index contributed by atoms with van der Waals surface area (Å²) < 4.78 is 92.9. The quantitative estimate of drug-likeness (QED) is 0.00524. The maximum atomic E-state index is 9.26. The standard InChI is InChI=1S/C21H35NO6Si.C16H23NO3.C15H19NO3.C12H15NO3.C12H15NO.C6H7NO.C6H16O3Si.2C3H5Br.H2O/c1-4-26-29(27-5-2,28-6-3)13-7-12-23-19-10-8-18(9-11-19)22(14-20-16-24-20)15-21-17-25-21;1-2-3-8-17(9-15-10-19-15)13-4-6-14(7-5-13)18-11-16-12-20-16;1-2-7-17-13-5-3-12(4-6-13)16(8-14-10-18-14)9-15-11-19-15;14-10-3-1-9(2-4-10)13(5-11-7-15-11)6-12-8-16-12;1-3-9-13(10-4-2)11-5-7-12(14)8-6-11;7-5-1-3-6(8)4-2-5;1-4-7-10(8-5-2)9-6-3;2*1-2-3-4;/h8-11,20-21H,4-7,12-17H2,1-3H3;4-7,15-16H,2-3,8-12H2,1H3;2-6,14-15H,1,7-11H2;1-4,11-12,14H,5-8H2;3-8,14H,1-2,9-10H2;1-4,8H,7H2;10H,4-6H2,1-3H3;2*2H,1,3H2;1H2. The number of allylic oxidation sites excluding steroid dienone is 2. The van der Waals surface area contributed by atoms with Crippen molar-refractivity contribution in [3.8, 4) is 34.5 Å². The van der Waals surface area contributed by atoms with Gasteiger partial charge in [0, 0.05) is 156 Å². The van der Waals surface area contributed by atoms with Crippen LogP contribution in [0.5, 0.6) is 34.5 Å². The first-order valence-corrected chi connectivity index (χ1v) is 48.9. The summed E-state index contributed by atoms with van der Waals surface area (Å²) in [5.74, 6) is 3.49. The van der Waals surface area contributed by atoms with E-state index in [0.717, 1.165) is 170 Å². The molecule has 0 aromatic heterocycles. The number of ether oxygens (including phenoxy) is 11. The Labute approximate surface area is 763 Å². The highest BCUT2D eigenvalue weighted by atomic mass is 79.9. The normalized spacial score (nSPS) is 18.4. The van der Waals surface area contributed by atoms with Crippen LogP contribution in [0.1, 0.15) is 67.7 Å². The van der Waals surface area contributed by atoms with E-state index < -0.39 is 18.3 Å². The molecule has 14 rings (SSSR count). The van der Waals surface area contributed by atoms with Gasteiger partial charge in [0.2, 0.25) is 0 Å². The molecule has 0 bridgehead atoms. The lowest BCUT2D eigenvalue weighted by atomic mass is 10.2. The van der Waals surface area contributed by atoms with E-state index in [1.807, 2.05) is 114 Å². The van der Waals surface area contributed by atoms with Crippen LogP contribution < -0.4 is 44.4 Å². The molecule has 8 heterocycles. The van der Waals surface area contributed by atoms with Gasteiger partial charge >= 0.3 is 18.3 Å². The number of epoxide rings is 8. The third-order valence-electron chi connectivity index (χ3n) is 18.5. The van der Waals surface area contributed by atoms with E-state index in [-0.39, 0.29) is 17.0 Å². The first-order valence-electron chi connectivity index (χ1n) is 43.3. The number of alkyl halides is 2. The van der Waals surface area contributed by atoms with Crippen molar-refractivity contribution in [1.82, 2.24) is 0 Å². The Bertz CT molecular complexity index is 3650. The molecule has 6 aromatic carbocycles. The van der Waals surface area contributed by atoms with Crippen LogP contribution in [0.2, 0.25) is 6.04 Å². The van der Waals surface area contributed by atoms with Crippen molar-refractivity contribution < 1.29 is 99.5 Å². The number of nitrogen functional groups attached to an aromatic ring is 1. The van der Waals surface area contributed by atoms with Gasteiger partial charge in [-0.1, -0.05) is 82.2 Å². The number of anilines is 6. The van der Waals surface area contributed by atoms with Gasteiger partial charge < -0.3 is 130 Å². The van der Waals surface area contributed by atoms with Gasteiger partial charge in [0.05, 0.1) is 102 Å². The zero-order valence-corrected chi connectivity index (χ0v) is 80.0. The number of nitrogens with zero attached hydrogens (tertiary/aromatic N) is 5. The number of hydrogen-bond donors (Lipinski definition) is 4. The summed E-state index contributed by atoms with van der Waals surface area (Å²) >= 11 is 6.26. The average molecular weight is 1910 g/mol. The number of aromatic hydroxyl groups is 3. The third-order valence-corrected chi connectivity index (χ3v) is 24.4. The van der Waals surface area contributed by atoms with Crippen LogP contribution in [-0.4, -0.2) is 276 Å². The molecule has 8 aliphatic rings. The zero-order valence-electron chi connectivity index (χ0n) is 74.7. The summed E-state index contributed by atoms with van der Waals surface area (Å²) in [6.07, 6.45) is 15.2. The van der Waals surface area contributed by atoms with Gasteiger partial charge in [0.1, 0.15) is 53.8 Å². The maximum absolute atomic E-state index is 9.26. The van der Waals surface area contributed by atoms with E-state index in [4.69, 9.17) is 94.6 Å². The zero-order chi connectivity index (χ0) is 89.4. The van der Waals surface area contributed by atoms with E-state index in [9.17, 15) is 5.11 Å². The minimum Gasteiger partial charge on any atom is -0.508 e. The number of phenolic OH excluding ortho intramolecular Hbond substituents is 3. The lowest BCUT2D eigenvalue weighted by Crippen LogP contribution is -2.46. The molecule has 27 nitrogen and oxygen atoms in total. The summed E-state index contributed by atoms with van der Waals surface area (Å²) in [6, 6.07) is 46.4. The fourth-order valence-electron chi connectivity index (χ4n) is 11.7. The van der Waals surface area contributed by atoms with E-state index in [1.165, 1.54) is 29.9 Å². The van der Waals surface area contributed by atoms with Gasteiger partial charge in [0.15, 0.2) is 0 Å². The van der Waals surface area contributed by atoms with Gasteiger partial charge in [0.25, 0.3) is 0 Å². The molecule has 125 heavy (non-hydrogen) atoms. The second-order valence-electron chi connectivity index (χ2n) is 29.1. The number of halogens is 2. The topological polar surface area (TPSA) is 318 Å². The van der Waals surface area contributed by atoms with E-state index in [0.29, 0.717) is 120 Å². The molecule has 8 unspecified atom stereocenters. The number of rotatable bonds is 51. The molecular formula is C94H142Br2N6O21Si2. The van der Waals surface area contributed by atoms with Crippen molar-refractivity contribution in [2.24, 2.45) is 0 Å². The molecule has 8 fully saturated rings. The largest absolute Gasteiger partial charge is 0.508 e. The lowest BCUT2D eigenvalue weighted by molar-refractivity contribution is 0.0696. The van der Waals surface area contributed by atoms with E-state index in [1.54, 1.807) is 66.8 Å². The van der Waals surface area contributed by atoms with Crippen molar-refractivity contribution >= 4 is 84.3 Å². The maximum Gasteiger partial charge on any atom is 0.501 e. The number of benzene rings is 6. The second kappa shape index (κ2) is 64.2. The first kappa shape index (κ1) is 108. The predicted octanol–water partition coefficient (Wildman–Crippen LogP) is 15.1. The molecule has 696 valence electrons. The van der Waals surface area contributed by atoms with Crippen LogP contribution >= 0.6 is 31.9 Å². The highest BCUT2D eigenvalue weighted by molar-refractivity contribution is 9.09. The van der Waals surface area contributed by atoms with E-state index in [2.05, 4.69) is 133 Å². The van der Waals surface area contributed by atoms with Gasteiger partial charge in [-0.05, 0) is 200 Å². The molecule has 0 radical (unpaired) electrons. The minimum atomic E-state index is -2.59. The average Bonchev–Trinajstić information content (AvgIpc) is 1.62. The number of unbranched alkanes of at least 4 members (excludes halogenated alkanes) is 1. The molecule has 0 spiro atoms. The number of nitrogens with two attached hydrogens (primary N) is 1. The molecule has 0 saturated carbocycles. The molecule has 8 aliphatic heterocycles. The summed E-state index contributed by atoms with van der Waals surface area (Å²) in [5, 5.41) is 28.9. The smallest absolute Gasteiger partial charge is 0.501 e. The van der Waals surface area contributed by atoms with Crippen LogP contribution in [-0.2, 0) is 64.5 Å². The Balaban J connectivity index is 0.000000262. The fraction of sp³-hybridized carbons (Fsp3) is 0.511. The molecule has 8 saturated heterocycles. The van der Waals surface area contributed by atoms with Gasteiger partial charge in [-0.2, -0.15) is 0 Å². The van der Waals surface area contributed by atoms with Crippen LogP contribution in [0.25, 0.3) is 0 Å². The molecule has 0 aliphatic carbocycles. The Morgan fingerprint density at radius 1 is 0.384 bits per heavy atom. The van der Waals surface area contributed by atoms with Crippen LogP contribution in [0.4, 0.5) is 34.1 Å². The summed E-state index contributed by atoms with van der Waals surface area (Å²) in [4.78, 5) is 11.4.